The number of carbonyl (C=O) groups excluding carboxylic acids is 3. The first-order valence-corrected chi connectivity index (χ1v) is 14.4. The number of aromatic nitrogens is 1. The summed E-state index contributed by atoms with van der Waals surface area (Å²) in [5.74, 6) is -1.91. The zero-order valence-electron chi connectivity index (χ0n) is 23.7. The Bertz CT molecular complexity index is 1240. The van der Waals surface area contributed by atoms with E-state index in [1.165, 1.54) is 9.96 Å². The van der Waals surface area contributed by atoms with Gasteiger partial charge < -0.3 is 30.0 Å². The maximum Gasteiger partial charge on any atom is 0.527 e. The summed E-state index contributed by atoms with van der Waals surface area (Å²) in [5, 5.41) is 23.4. The van der Waals surface area contributed by atoms with Crippen LogP contribution in [-0.2, 0) is 19.2 Å². The number of nitrogens with one attached hydrogen (secondary N) is 1. The number of carboxylic acids is 1. The van der Waals surface area contributed by atoms with Gasteiger partial charge in [-0.3, -0.25) is 14.4 Å². The fourth-order valence-corrected chi connectivity index (χ4v) is 5.30. The van der Waals surface area contributed by atoms with Gasteiger partial charge in [0, 0.05) is 25.1 Å². The van der Waals surface area contributed by atoms with Crippen LogP contribution >= 0.6 is 0 Å². The van der Waals surface area contributed by atoms with E-state index in [4.69, 9.17) is 9.57 Å². The molecule has 12 heteroatoms. The molecule has 0 spiro atoms. The van der Waals surface area contributed by atoms with Crippen LogP contribution < -0.4 is 5.32 Å². The van der Waals surface area contributed by atoms with Crippen LogP contribution in [-0.4, -0.2) is 94.0 Å². The van der Waals surface area contributed by atoms with Crippen molar-refractivity contribution in [2.75, 3.05) is 32.8 Å². The molecular weight excluding hydrogens is 544 g/mol. The highest BCUT2D eigenvalue weighted by atomic mass is 16.8. The average molecular weight is 583 g/mol. The zero-order chi connectivity index (χ0) is 30.1. The summed E-state index contributed by atoms with van der Waals surface area (Å²) in [6.07, 6.45) is 1.38. The number of aliphatic hydroxyl groups excluding tert-OH is 1. The quantitative estimate of drug-likeness (QED) is 0.356. The second-order valence-electron chi connectivity index (χ2n) is 10.5. The molecule has 226 valence electrons. The number of ether oxygens (including phenoxy) is 1. The van der Waals surface area contributed by atoms with Gasteiger partial charge in [0.15, 0.2) is 0 Å². The maximum absolute atomic E-state index is 13.6. The summed E-state index contributed by atoms with van der Waals surface area (Å²) in [6, 6.07) is 12.1. The molecule has 2 amide bonds. The van der Waals surface area contributed by atoms with Crippen molar-refractivity contribution >= 4 is 23.9 Å². The Hall–Kier alpha value is -4.03. The van der Waals surface area contributed by atoms with Crippen LogP contribution in [0.1, 0.15) is 67.4 Å². The molecule has 1 aromatic heterocycles. The monoisotopic (exact) mass is 582 g/mol. The van der Waals surface area contributed by atoms with Crippen LogP contribution in [0.2, 0.25) is 0 Å². The first-order valence-electron chi connectivity index (χ1n) is 14.4. The predicted octanol–water partition coefficient (Wildman–Crippen LogP) is 2.96. The second-order valence-corrected chi connectivity index (χ2v) is 10.5. The van der Waals surface area contributed by atoms with E-state index in [1.54, 1.807) is 13.0 Å². The molecule has 4 rings (SSSR count). The average Bonchev–Trinajstić information content (AvgIpc) is 2.99. The Kier molecular flexibility index (Phi) is 10.8. The van der Waals surface area contributed by atoms with Crippen LogP contribution in [0.3, 0.4) is 0 Å². The Morgan fingerprint density at radius 3 is 2.36 bits per heavy atom. The van der Waals surface area contributed by atoms with Gasteiger partial charge in [0.1, 0.15) is 11.7 Å². The number of aliphatic carboxylic acids is 1. The van der Waals surface area contributed by atoms with Crippen LogP contribution in [0.5, 0.6) is 0 Å². The van der Waals surface area contributed by atoms with Gasteiger partial charge in [-0.2, -0.15) is 0 Å². The third-order valence-electron chi connectivity index (χ3n) is 7.58. The minimum Gasteiger partial charge on any atom is -0.481 e. The largest absolute Gasteiger partial charge is 0.527 e. The molecule has 2 aliphatic rings. The summed E-state index contributed by atoms with van der Waals surface area (Å²) in [6.45, 7) is 2.76. The number of pyridine rings is 1. The molecule has 2 heterocycles. The number of carboxylic acid groups (broad SMARTS) is 1. The van der Waals surface area contributed by atoms with Gasteiger partial charge in [-0.05, 0) is 62.6 Å². The van der Waals surface area contributed by atoms with Gasteiger partial charge >= 0.3 is 12.1 Å². The standard InChI is InChI=1S/C30H38N4O8/c1-2-41-30(40)42-34-16-14-33(15-17-34)29(39)24(12-13-27(36)37)32-28(38)26-19-22(20-8-10-23(35)11-9-20)18-25(31-26)21-6-4-3-5-7-21/h3-7,18-20,23-24,35H,2,8-17H2,1H3,(H,32,38)(H,36,37)/t20?,23?,24-/m0/s1. The molecule has 2 aromatic rings. The lowest BCUT2D eigenvalue weighted by molar-refractivity contribution is -0.157. The van der Waals surface area contributed by atoms with Gasteiger partial charge in [-0.15, -0.1) is 5.06 Å². The van der Waals surface area contributed by atoms with E-state index in [0.29, 0.717) is 18.5 Å². The summed E-state index contributed by atoms with van der Waals surface area (Å²) in [7, 11) is 0. The highest BCUT2D eigenvalue weighted by molar-refractivity contribution is 5.97. The molecule has 0 bridgehead atoms. The van der Waals surface area contributed by atoms with E-state index < -0.39 is 30.0 Å². The van der Waals surface area contributed by atoms with Crippen molar-refractivity contribution in [1.82, 2.24) is 20.3 Å². The maximum atomic E-state index is 13.6. The molecule has 42 heavy (non-hydrogen) atoms. The lowest BCUT2D eigenvalue weighted by Gasteiger charge is -2.35. The van der Waals surface area contributed by atoms with E-state index in [2.05, 4.69) is 10.3 Å². The number of rotatable bonds is 10. The van der Waals surface area contributed by atoms with Crippen molar-refractivity contribution in [3.63, 3.8) is 0 Å². The summed E-state index contributed by atoms with van der Waals surface area (Å²) in [5.41, 5.74) is 2.53. The van der Waals surface area contributed by atoms with Crippen molar-refractivity contribution < 1.29 is 39.0 Å². The molecule has 1 aromatic carbocycles. The molecule has 2 fully saturated rings. The molecule has 1 saturated heterocycles. The van der Waals surface area contributed by atoms with Crippen molar-refractivity contribution in [3.8, 4) is 11.3 Å². The normalized spacial score (nSPS) is 19.9. The molecule has 1 aliphatic carbocycles. The van der Waals surface area contributed by atoms with Crippen LogP contribution in [0.4, 0.5) is 4.79 Å². The zero-order valence-corrected chi connectivity index (χ0v) is 23.7. The molecule has 3 N–H and O–H groups in total. The smallest absolute Gasteiger partial charge is 0.481 e. The number of hydrogen-bond acceptors (Lipinski definition) is 9. The van der Waals surface area contributed by atoms with Crippen LogP contribution in [0.25, 0.3) is 11.3 Å². The Balaban J connectivity index is 1.51. The van der Waals surface area contributed by atoms with Gasteiger partial charge in [-0.25, -0.2) is 9.78 Å². The van der Waals surface area contributed by atoms with Gasteiger partial charge in [0.2, 0.25) is 5.91 Å². The number of piperazine rings is 1. The summed E-state index contributed by atoms with van der Waals surface area (Å²) in [4.78, 5) is 61.3. The third kappa shape index (κ3) is 8.49. The van der Waals surface area contributed by atoms with E-state index in [0.717, 1.165) is 24.0 Å². The molecule has 1 aliphatic heterocycles. The number of benzene rings is 1. The molecule has 1 saturated carbocycles. The van der Waals surface area contributed by atoms with E-state index in [9.17, 15) is 29.4 Å². The fraction of sp³-hybridized carbons (Fsp3) is 0.500. The van der Waals surface area contributed by atoms with E-state index in [-0.39, 0.29) is 63.3 Å². The Morgan fingerprint density at radius 2 is 1.71 bits per heavy atom. The van der Waals surface area contributed by atoms with Crippen LogP contribution in [0.15, 0.2) is 42.5 Å². The molecule has 0 radical (unpaired) electrons. The lowest BCUT2D eigenvalue weighted by Crippen LogP contribution is -2.55. The number of aliphatic hydroxyl groups is 1. The number of hydrogen-bond donors (Lipinski definition) is 3. The highest BCUT2D eigenvalue weighted by Gasteiger charge is 2.31. The van der Waals surface area contributed by atoms with Crippen molar-refractivity contribution in [2.45, 2.75) is 63.5 Å². The lowest BCUT2D eigenvalue weighted by atomic mass is 9.82. The first-order chi connectivity index (χ1) is 20.2. The van der Waals surface area contributed by atoms with Crippen molar-refractivity contribution in [2.24, 2.45) is 0 Å². The number of carbonyl (C=O) groups is 4. The van der Waals surface area contributed by atoms with Crippen molar-refractivity contribution in [3.05, 3.63) is 53.7 Å². The minimum atomic E-state index is -1.08. The van der Waals surface area contributed by atoms with Gasteiger partial charge in [0.05, 0.1) is 31.5 Å². The number of amides is 2. The molecule has 12 nitrogen and oxygen atoms in total. The first kappa shape index (κ1) is 30.9. The predicted molar refractivity (Wildman–Crippen MR) is 151 cm³/mol. The van der Waals surface area contributed by atoms with E-state index in [1.807, 2.05) is 36.4 Å². The van der Waals surface area contributed by atoms with Crippen molar-refractivity contribution in [1.29, 1.82) is 0 Å². The summed E-state index contributed by atoms with van der Waals surface area (Å²) < 4.78 is 4.78. The highest BCUT2D eigenvalue weighted by Crippen LogP contribution is 2.34. The Labute approximate surface area is 244 Å². The minimum absolute atomic E-state index is 0.0921. The topological polar surface area (TPSA) is 159 Å². The molecule has 0 unspecified atom stereocenters. The fourth-order valence-electron chi connectivity index (χ4n) is 5.30. The van der Waals surface area contributed by atoms with Gasteiger partial charge in [0.25, 0.3) is 5.91 Å². The Morgan fingerprint density at radius 1 is 1.02 bits per heavy atom. The number of nitrogens with zero attached hydrogens (tertiary/aromatic N) is 3. The third-order valence-corrected chi connectivity index (χ3v) is 7.58. The summed E-state index contributed by atoms with van der Waals surface area (Å²) >= 11 is 0. The second kappa shape index (κ2) is 14.7. The SMILES string of the molecule is CCOC(=O)ON1CCN(C(=O)[C@H](CCC(=O)O)NC(=O)c2cc(C3CCC(O)CC3)cc(-c3ccccc3)n2)CC1. The molecular formula is C30H38N4O8. The van der Waals surface area contributed by atoms with Crippen LogP contribution in [0, 0.1) is 0 Å². The molecule has 1 atom stereocenters. The van der Waals surface area contributed by atoms with E-state index >= 15 is 0 Å². The number of hydroxylamine groups is 2. The van der Waals surface area contributed by atoms with Gasteiger partial charge in [-0.1, -0.05) is 30.3 Å².